The second kappa shape index (κ2) is 5.70. The van der Waals surface area contributed by atoms with Gasteiger partial charge in [-0.2, -0.15) is 0 Å². The predicted molar refractivity (Wildman–Crippen MR) is 67.7 cm³/mol. The zero-order chi connectivity index (χ0) is 10.6. The van der Waals surface area contributed by atoms with Gasteiger partial charge in [-0.25, -0.2) is 9.97 Å². The normalized spacial score (nSPS) is 12.9. The molecule has 0 aromatic carbocycles. The van der Waals surface area contributed by atoms with Gasteiger partial charge in [0.05, 0.1) is 0 Å². The first-order valence-corrected chi connectivity index (χ1v) is 6.05. The highest BCUT2D eigenvalue weighted by molar-refractivity contribution is 14.1. The first-order valence-electron chi connectivity index (χ1n) is 4.43. The van der Waals surface area contributed by atoms with E-state index in [1.165, 1.54) is 0 Å². The molecule has 0 aliphatic rings. The van der Waals surface area contributed by atoms with E-state index < -0.39 is 0 Å². The van der Waals surface area contributed by atoms with Gasteiger partial charge >= 0.3 is 0 Å². The van der Waals surface area contributed by atoms with Crippen molar-refractivity contribution in [3.63, 3.8) is 0 Å². The van der Waals surface area contributed by atoms with Crippen molar-refractivity contribution in [2.75, 3.05) is 11.2 Å². The van der Waals surface area contributed by atoms with Crippen LogP contribution in [0.15, 0.2) is 12.4 Å². The molecule has 0 fully saturated rings. The van der Waals surface area contributed by atoms with Crippen LogP contribution in [-0.2, 0) is 0 Å². The number of hydrogen-bond acceptors (Lipinski definition) is 3. The Morgan fingerprint density at radius 2 is 2.00 bits per heavy atom. The molecular formula is C9H13ClIN3. The van der Waals surface area contributed by atoms with Crippen LogP contribution in [0.5, 0.6) is 0 Å². The van der Waals surface area contributed by atoms with Crippen molar-refractivity contribution < 1.29 is 0 Å². The number of hydrogen-bond donors (Lipinski definition) is 1. The van der Waals surface area contributed by atoms with Crippen LogP contribution in [0, 0.1) is 9.49 Å². The summed E-state index contributed by atoms with van der Waals surface area (Å²) in [5.74, 6) is 1.67. The molecule has 0 saturated heterocycles. The number of halogens is 2. The van der Waals surface area contributed by atoms with Gasteiger partial charge in [0.15, 0.2) is 0 Å². The summed E-state index contributed by atoms with van der Waals surface area (Å²) in [6, 6.07) is 0.219. The van der Waals surface area contributed by atoms with Crippen molar-refractivity contribution in [3.05, 3.63) is 16.0 Å². The van der Waals surface area contributed by atoms with Gasteiger partial charge in [0.25, 0.3) is 0 Å². The van der Waals surface area contributed by atoms with E-state index in [-0.39, 0.29) is 6.04 Å². The molecule has 1 heterocycles. The van der Waals surface area contributed by atoms with Crippen LogP contribution in [0.4, 0.5) is 5.95 Å². The number of nitrogens with one attached hydrogen (secondary N) is 1. The Kier molecular flexibility index (Phi) is 4.88. The molecule has 0 aliphatic carbocycles. The van der Waals surface area contributed by atoms with Crippen LogP contribution in [0.1, 0.15) is 13.8 Å². The minimum atomic E-state index is 0.219. The standard InChI is InChI=1S/C9H13ClIN3/c1-6(2)8(3-10)14-9-12-4-7(11)5-13-9/h4-6,8H,3H2,1-2H3,(H,12,13,14). The van der Waals surface area contributed by atoms with E-state index in [1.54, 1.807) is 12.4 Å². The van der Waals surface area contributed by atoms with Crippen molar-refractivity contribution in [3.8, 4) is 0 Å². The van der Waals surface area contributed by atoms with Crippen LogP contribution in [0.2, 0.25) is 0 Å². The first-order chi connectivity index (χ1) is 6.63. The summed E-state index contributed by atoms with van der Waals surface area (Å²) < 4.78 is 1.03. The van der Waals surface area contributed by atoms with Crippen molar-refractivity contribution in [1.29, 1.82) is 0 Å². The topological polar surface area (TPSA) is 37.8 Å². The van der Waals surface area contributed by atoms with E-state index >= 15 is 0 Å². The van der Waals surface area contributed by atoms with Gasteiger partial charge in [-0.1, -0.05) is 13.8 Å². The van der Waals surface area contributed by atoms with Crippen molar-refractivity contribution in [2.45, 2.75) is 19.9 Å². The third-order valence-electron chi connectivity index (χ3n) is 1.91. The summed E-state index contributed by atoms with van der Waals surface area (Å²) in [5, 5.41) is 3.20. The third kappa shape index (κ3) is 3.57. The lowest BCUT2D eigenvalue weighted by Gasteiger charge is -2.19. The molecule has 0 spiro atoms. The van der Waals surface area contributed by atoms with E-state index in [1.807, 2.05) is 0 Å². The maximum absolute atomic E-state index is 5.82. The average Bonchev–Trinajstić information content (AvgIpc) is 2.16. The van der Waals surface area contributed by atoms with Gasteiger partial charge in [-0.3, -0.25) is 0 Å². The number of alkyl halides is 1. The first kappa shape index (κ1) is 12.0. The summed E-state index contributed by atoms with van der Waals surface area (Å²) in [6.07, 6.45) is 3.56. The fourth-order valence-corrected chi connectivity index (χ4v) is 1.65. The van der Waals surface area contributed by atoms with E-state index in [0.717, 1.165) is 3.57 Å². The third-order valence-corrected chi connectivity index (χ3v) is 2.80. The molecule has 0 bridgehead atoms. The summed E-state index contributed by atoms with van der Waals surface area (Å²) in [6.45, 7) is 4.24. The van der Waals surface area contributed by atoms with E-state index in [4.69, 9.17) is 11.6 Å². The van der Waals surface area contributed by atoms with Crippen molar-refractivity contribution in [2.24, 2.45) is 5.92 Å². The molecule has 1 aromatic heterocycles. The number of anilines is 1. The smallest absolute Gasteiger partial charge is 0.222 e. The fourth-order valence-electron chi connectivity index (χ4n) is 0.936. The second-order valence-corrected chi connectivity index (χ2v) is 4.93. The molecule has 1 aromatic rings. The molecule has 0 radical (unpaired) electrons. The second-order valence-electron chi connectivity index (χ2n) is 3.37. The number of aromatic nitrogens is 2. The summed E-state index contributed by atoms with van der Waals surface area (Å²) in [7, 11) is 0. The minimum absolute atomic E-state index is 0.219. The molecule has 0 saturated carbocycles. The van der Waals surface area contributed by atoms with Gasteiger partial charge in [-0.15, -0.1) is 11.6 Å². The van der Waals surface area contributed by atoms with E-state index in [9.17, 15) is 0 Å². The Labute approximate surface area is 103 Å². The molecule has 1 unspecified atom stereocenters. The fraction of sp³-hybridized carbons (Fsp3) is 0.556. The number of nitrogens with zero attached hydrogens (tertiary/aromatic N) is 2. The summed E-state index contributed by atoms with van der Waals surface area (Å²) in [5.41, 5.74) is 0. The molecule has 1 atom stereocenters. The van der Waals surface area contributed by atoms with Crippen LogP contribution >= 0.6 is 34.2 Å². The lowest BCUT2D eigenvalue weighted by molar-refractivity contribution is 0.560. The Hall–Kier alpha value is -0.100. The minimum Gasteiger partial charge on any atom is -0.350 e. The molecule has 1 N–H and O–H groups in total. The van der Waals surface area contributed by atoms with Crippen LogP contribution in [0.3, 0.4) is 0 Å². The summed E-state index contributed by atoms with van der Waals surface area (Å²) in [4.78, 5) is 8.32. The van der Waals surface area contributed by atoms with Gasteiger partial charge in [0.1, 0.15) is 0 Å². The van der Waals surface area contributed by atoms with Crippen LogP contribution < -0.4 is 5.32 Å². The maximum Gasteiger partial charge on any atom is 0.222 e. The Balaban J connectivity index is 2.63. The Bertz CT molecular complexity index is 276. The Morgan fingerprint density at radius 3 is 2.43 bits per heavy atom. The lowest BCUT2D eigenvalue weighted by Crippen LogP contribution is -2.28. The largest absolute Gasteiger partial charge is 0.350 e. The van der Waals surface area contributed by atoms with E-state index in [2.05, 4.69) is 51.7 Å². The molecule has 1 rings (SSSR count). The average molecular weight is 326 g/mol. The molecule has 78 valence electrons. The highest BCUT2D eigenvalue weighted by Gasteiger charge is 2.12. The number of rotatable bonds is 4. The quantitative estimate of drug-likeness (QED) is 0.683. The molecule has 0 amide bonds. The highest BCUT2D eigenvalue weighted by atomic mass is 127. The molecule has 5 heteroatoms. The monoisotopic (exact) mass is 325 g/mol. The van der Waals surface area contributed by atoms with E-state index in [0.29, 0.717) is 17.7 Å². The Morgan fingerprint density at radius 1 is 1.43 bits per heavy atom. The zero-order valence-corrected chi connectivity index (χ0v) is 11.1. The van der Waals surface area contributed by atoms with Gasteiger partial charge in [-0.05, 0) is 28.5 Å². The molecule has 14 heavy (non-hydrogen) atoms. The van der Waals surface area contributed by atoms with Crippen LogP contribution in [-0.4, -0.2) is 21.9 Å². The van der Waals surface area contributed by atoms with Crippen molar-refractivity contribution in [1.82, 2.24) is 9.97 Å². The van der Waals surface area contributed by atoms with Gasteiger partial charge < -0.3 is 5.32 Å². The van der Waals surface area contributed by atoms with Gasteiger partial charge in [0, 0.05) is 27.9 Å². The molecule has 0 aliphatic heterocycles. The van der Waals surface area contributed by atoms with Crippen molar-refractivity contribution >= 4 is 40.1 Å². The summed E-state index contributed by atoms with van der Waals surface area (Å²) >= 11 is 8.00. The van der Waals surface area contributed by atoms with Crippen LogP contribution in [0.25, 0.3) is 0 Å². The predicted octanol–water partition coefficient (Wildman–Crippen LogP) is 2.76. The maximum atomic E-state index is 5.82. The van der Waals surface area contributed by atoms with Gasteiger partial charge in [0.2, 0.25) is 5.95 Å². The zero-order valence-electron chi connectivity index (χ0n) is 8.17. The molecular weight excluding hydrogens is 312 g/mol. The molecule has 3 nitrogen and oxygen atoms in total. The SMILES string of the molecule is CC(C)C(CCl)Nc1ncc(I)cn1. The lowest BCUT2D eigenvalue weighted by atomic mass is 10.1. The highest BCUT2D eigenvalue weighted by Crippen LogP contribution is 2.10.